The molecular formula is C20H20F3N5O. The van der Waals surface area contributed by atoms with Crippen LogP contribution in [-0.4, -0.2) is 46.9 Å². The number of hydrogen-bond acceptors (Lipinski definition) is 6. The van der Waals surface area contributed by atoms with Crippen molar-refractivity contribution in [1.29, 1.82) is 0 Å². The zero-order chi connectivity index (χ0) is 20.4. The van der Waals surface area contributed by atoms with Crippen molar-refractivity contribution in [2.24, 2.45) is 4.99 Å². The molecule has 9 heteroatoms. The molecule has 0 fully saturated rings. The molecule has 1 aromatic heterocycles. The number of nitrogens with one attached hydrogen (secondary N) is 1. The third kappa shape index (κ3) is 4.44. The minimum Gasteiger partial charge on any atom is -0.406 e. The van der Waals surface area contributed by atoms with Gasteiger partial charge in [0.2, 0.25) is 0 Å². The zero-order valence-electron chi connectivity index (χ0n) is 15.7. The van der Waals surface area contributed by atoms with E-state index in [0.717, 1.165) is 17.2 Å². The van der Waals surface area contributed by atoms with Gasteiger partial charge in [0.15, 0.2) is 5.84 Å². The fraction of sp³-hybridized carbons (Fsp3) is 0.300. The van der Waals surface area contributed by atoms with E-state index in [-0.39, 0.29) is 11.9 Å². The highest BCUT2D eigenvalue weighted by Gasteiger charge is 2.35. The fourth-order valence-corrected chi connectivity index (χ4v) is 3.45. The van der Waals surface area contributed by atoms with Crippen LogP contribution in [0.25, 0.3) is 0 Å². The Hall–Kier alpha value is -3.23. The average Bonchev–Trinajstić information content (AvgIpc) is 3.00. The summed E-state index contributed by atoms with van der Waals surface area (Å²) in [4.78, 5) is 13.3. The SMILES string of the molecule is CN1CNC=C2C1=NC(Cc1cccc(OC(F)(F)F)c1)N2Cc1ccccn1. The molecule has 29 heavy (non-hydrogen) atoms. The molecule has 0 bridgehead atoms. The number of benzene rings is 1. The fourth-order valence-electron chi connectivity index (χ4n) is 3.45. The highest BCUT2D eigenvalue weighted by atomic mass is 19.4. The second kappa shape index (κ2) is 7.65. The smallest absolute Gasteiger partial charge is 0.406 e. The minimum atomic E-state index is -4.72. The molecule has 4 rings (SSSR count). The first kappa shape index (κ1) is 19.1. The predicted molar refractivity (Wildman–Crippen MR) is 102 cm³/mol. The number of aromatic nitrogens is 1. The Kier molecular flexibility index (Phi) is 5.04. The summed E-state index contributed by atoms with van der Waals surface area (Å²) in [6.07, 6.45) is -0.881. The Labute approximate surface area is 166 Å². The van der Waals surface area contributed by atoms with Gasteiger partial charge in [-0.3, -0.25) is 4.98 Å². The number of alkyl halides is 3. The van der Waals surface area contributed by atoms with E-state index < -0.39 is 6.36 Å². The van der Waals surface area contributed by atoms with Crippen LogP contribution < -0.4 is 10.1 Å². The molecule has 6 nitrogen and oxygen atoms in total. The summed E-state index contributed by atoms with van der Waals surface area (Å²) in [6, 6.07) is 11.8. The first-order valence-corrected chi connectivity index (χ1v) is 9.13. The summed E-state index contributed by atoms with van der Waals surface area (Å²) in [6.45, 7) is 1.18. The number of likely N-dealkylation sites (N-methyl/N-ethyl adjacent to an activating group) is 1. The van der Waals surface area contributed by atoms with Crippen molar-refractivity contribution in [2.45, 2.75) is 25.5 Å². The molecule has 2 aliphatic heterocycles. The van der Waals surface area contributed by atoms with Crippen molar-refractivity contribution in [3.63, 3.8) is 0 Å². The molecule has 0 saturated heterocycles. The molecule has 1 aromatic carbocycles. The average molecular weight is 403 g/mol. The molecule has 0 aliphatic carbocycles. The standard InChI is InChI=1S/C20H20F3N5O/c1-27-13-24-11-17-19(27)26-18(28(17)12-15-6-2-3-8-25-15)10-14-5-4-7-16(9-14)29-20(21,22)23/h2-9,11,18,24H,10,12-13H2,1H3. The summed E-state index contributed by atoms with van der Waals surface area (Å²) in [5.74, 6) is 0.625. The molecule has 0 amide bonds. The number of hydrogen-bond donors (Lipinski definition) is 1. The molecule has 0 saturated carbocycles. The van der Waals surface area contributed by atoms with E-state index in [1.54, 1.807) is 18.3 Å². The van der Waals surface area contributed by atoms with Gasteiger partial charge in [0.25, 0.3) is 0 Å². The Morgan fingerprint density at radius 1 is 1.21 bits per heavy atom. The number of fused-ring (bicyclic) bond motifs is 1. The maximum Gasteiger partial charge on any atom is 0.573 e. The molecule has 0 radical (unpaired) electrons. The van der Waals surface area contributed by atoms with Gasteiger partial charge in [0, 0.05) is 25.9 Å². The van der Waals surface area contributed by atoms with Gasteiger partial charge in [-0.15, -0.1) is 13.2 Å². The molecule has 0 spiro atoms. The number of rotatable bonds is 5. The van der Waals surface area contributed by atoms with Gasteiger partial charge in [0.05, 0.1) is 24.6 Å². The zero-order valence-corrected chi connectivity index (χ0v) is 15.7. The molecule has 1 atom stereocenters. The van der Waals surface area contributed by atoms with Crippen LogP contribution in [0.1, 0.15) is 11.3 Å². The van der Waals surface area contributed by atoms with E-state index in [1.807, 2.05) is 36.3 Å². The summed E-state index contributed by atoms with van der Waals surface area (Å²) in [5.41, 5.74) is 2.54. The van der Waals surface area contributed by atoms with Crippen LogP contribution in [-0.2, 0) is 13.0 Å². The normalized spacial score (nSPS) is 18.7. The van der Waals surface area contributed by atoms with Crippen LogP contribution in [0.4, 0.5) is 13.2 Å². The lowest BCUT2D eigenvalue weighted by Crippen LogP contribution is -2.42. The molecule has 152 valence electrons. The lowest BCUT2D eigenvalue weighted by atomic mass is 10.1. The van der Waals surface area contributed by atoms with E-state index in [1.165, 1.54) is 12.1 Å². The number of amidine groups is 1. The molecule has 2 aromatic rings. The van der Waals surface area contributed by atoms with Gasteiger partial charge in [-0.25, -0.2) is 4.99 Å². The molecular weight excluding hydrogens is 383 g/mol. The van der Waals surface area contributed by atoms with Crippen LogP contribution >= 0.6 is 0 Å². The number of halogens is 3. The van der Waals surface area contributed by atoms with Crippen molar-refractivity contribution in [2.75, 3.05) is 13.7 Å². The second-order valence-electron chi connectivity index (χ2n) is 6.87. The maximum atomic E-state index is 12.5. The highest BCUT2D eigenvalue weighted by molar-refractivity contribution is 5.99. The van der Waals surface area contributed by atoms with E-state index in [9.17, 15) is 13.2 Å². The Bertz CT molecular complexity index is 929. The van der Waals surface area contributed by atoms with E-state index >= 15 is 0 Å². The first-order valence-electron chi connectivity index (χ1n) is 9.13. The largest absolute Gasteiger partial charge is 0.573 e. The van der Waals surface area contributed by atoms with Crippen molar-refractivity contribution >= 4 is 5.84 Å². The van der Waals surface area contributed by atoms with Gasteiger partial charge >= 0.3 is 6.36 Å². The minimum absolute atomic E-state index is 0.229. The van der Waals surface area contributed by atoms with Gasteiger partial charge in [-0.1, -0.05) is 18.2 Å². The predicted octanol–water partition coefficient (Wildman–Crippen LogP) is 3.10. The molecule has 1 N–H and O–H groups in total. The Morgan fingerprint density at radius 2 is 2.07 bits per heavy atom. The van der Waals surface area contributed by atoms with Crippen molar-refractivity contribution in [3.05, 3.63) is 71.8 Å². The molecule has 3 heterocycles. The summed E-state index contributed by atoms with van der Waals surface area (Å²) in [7, 11) is 1.94. The first-order chi connectivity index (χ1) is 13.9. The van der Waals surface area contributed by atoms with Crippen LogP contribution in [0.2, 0.25) is 0 Å². The van der Waals surface area contributed by atoms with Crippen LogP contribution in [0.15, 0.2) is 65.6 Å². The van der Waals surface area contributed by atoms with Gasteiger partial charge in [-0.05, 0) is 29.8 Å². The van der Waals surface area contributed by atoms with E-state index in [4.69, 9.17) is 4.99 Å². The molecule has 1 unspecified atom stereocenters. The van der Waals surface area contributed by atoms with Crippen LogP contribution in [0.5, 0.6) is 5.75 Å². The molecule has 2 aliphatic rings. The second-order valence-corrected chi connectivity index (χ2v) is 6.87. The third-order valence-electron chi connectivity index (χ3n) is 4.71. The summed E-state index contributed by atoms with van der Waals surface area (Å²) < 4.78 is 41.7. The quantitative estimate of drug-likeness (QED) is 0.832. The van der Waals surface area contributed by atoms with Crippen LogP contribution in [0.3, 0.4) is 0 Å². The summed E-state index contributed by atoms with van der Waals surface area (Å²) in [5, 5.41) is 3.22. The number of nitrogens with zero attached hydrogens (tertiary/aromatic N) is 4. The van der Waals surface area contributed by atoms with Gasteiger partial charge in [0.1, 0.15) is 11.9 Å². The van der Waals surface area contributed by atoms with Gasteiger partial charge in [-0.2, -0.15) is 0 Å². The van der Waals surface area contributed by atoms with Crippen molar-refractivity contribution in [1.82, 2.24) is 20.1 Å². The highest BCUT2D eigenvalue weighted by Crippen LogP contribution is 2.29. The number of aliphatic imine (C=N–C) groups is 1. The Morgan fingerprint density at radius 3 is 2.83 bits per heavy atom. The number of ether oxygens (including phenoxy) is 1. The topological polar surface area (TPSA) is 53.0 Å². The van der Waals surface area contributed by atoms with Crippen molar-refractivity contribution < 1.29 is 17.9 Å². The lowest BCUT2D eigenvalue weighted by Gasteiger charge is -2.30. The van der Waals surface area contributed by atoms with E-state index in [2.05, 4.69) is 19.9 Å². The number of pyridine rings is 1. The van der Waals surface area contributed by atoms with Crippen molar-refractivity contribution in [3.8, 4) is 5.75 Å². The maximum absolute atomic E-state index is 12.5. The third-order valence-corrected chi connectivity index (χ3v) is 4.71. The van der Waals surface area contributed by atoms with Crippen LogP contribution in [0, 0.1) is 0 Å². The monoisotopic (exact) mass is 403 g/mol. The lowest BCUT2D eigenvalue weighted by molar-refractivity contribution is -0.274. The van der Waals surface area contributed by atoms with E-state index in [0.29, 0.717) is 25.2 Å². The Balaban J connectivity index is 1.59. The summed E-state index contributed by atoms with van der Waals surface area (Å²) >= 11 is 0. The van der Waals surface area contributed by atoms with Gasteiger partial charge < -0.3 is 19.9 Å².